The first-order valence-corrected chi connectivity index (χ1v) is 6.53. The van der Waals surface area contributed by atoms with Gasteiger partial charge in [-0.25, -0.2) is 0 Å². The molecule has 5 heteroatoms. The van der Waals surface area contributed by atoms with Gasteiger partial charge < -0.3 is 5.32 Å². The second-order valence-electron chi connectivity index (χ2n) is 4.39. The summed E-state index contributed by atoms with van der Waals surface area (Å²) in [6.45, 7) is 0. The molecule has 1 heterocycles. The first kappa shape index (κ1) is 12.7. The molecule has 0 unspecified atom stereocenters. The second-order valence-corrected chi connectivity index (χ2v) is 4.80. The van der Waals surface area contributed by atoms with E-state index in [9.17, 15) is 4.79 Å². The minimum absolute atomic E-state index is 0.207. The fourth-order valence-electron chi connectivity index (χ4n) is 2.17. The van der Waals surface area contributed by atoms with E-state index in [2.05, 4.69) is 15.5 Å². The molecule has 3 aromatic rings. The molecular weight excluding hydrogens is 274 g/mol. The number of aromatic amines is 1. The number of rotatable bonds is 2. The molecule has 0 bridgehead atoms. The number of hydrogen-bond donors (Lipinski definition) is 2. The first-order valence-electron chi connectivity index (χ1n) is 6.16. The first-order chi connectivity index (χ1) is 9.70. The molecule has 2 N–H and O–H groups in total. The van der Waals surface area contributed by atoms with E-state index < -0.39 is 0 Å². The molecule has 0 aliphatic rings. The Labute approximate surface area is 120 Å². The number of nitrogens with zero attached hydrogens (tertiary/aromatic N) is 1. The van der Waals surface area contributed by atoms with Crippen molar-refractivity contribution in [2.24, 2.45) is 0 Å². The molecule has 3 rings (SSSR count). The molecule has 1 aromatic heterocycles. The third-order valence-corrected chi connectivity index (χ3v) is 3.52. The average Bonchev–Trinajstić information content (AvgIpc) is 2.90. The largest absolute Gasteiger partial charge is 0.354 e. The Morgan fingerprint density at radius 2 is 2.05 bits per heavy atom. The van der Waals surface area contributed by atoms with Crippen LogP contribution >= 0.6 is 11.6 Å². The van der Waals surface area contributed by atoms with E-state index in [1.54, 1.807) is 7.05 Å². The van der Waals surface area contributed by atoms with Gasteiger partial charge in [-0.1, -0.05) is 35.9 Å². The summed E-state index contributed by atoms with van der Waals surface area (Å²) in [6, 6.07) is 13.4. The van der Waals surface area contributed by atoms with Crippen molar-refractivity contribution in [1.82, 2.24) is 15.5 Å². The lowest BCUT2D eigenvalue weighted by atomic mass is 10.0. The van der Waals surface area contributed by atoms with Gasteiger partial charge in [0, 0.05) is 23.0 Å². The van der Waals surface area contributed by atoms with Crippen LogP contribution in [-0.2, 0) is 0 Å². The van der Waals surface area contributed by atoms with Crippen molar-refractivity contribution in [2.75, 3.05) is 7.05 Å². The Kier molecular flexibility index (Phi) is 3.16. The van der Waals surface area contributed by atoms with Gasteiger partial charge >= 0.3 is 0 Å². The number of hydrogen-bond acceptors (Lipinski definition) is 2. The number of nitrogens with one attached hydrogen (secondary N) is 2. The van der Waals surface area contributed by atoms with E-state index in [4.69, 9.17) is 11.6 Å². The van der Waals surface area contributed by atoms with Crippen LogP contribution in [0.3, 0.4) is 0 Å². The monoisotopic (exact) mass is 285 g/mol. The molecule has 0 radical (unpaired) electrons. The molecule has 0 saturated heterocycles. The van der Waals surface area contributed by atoms with Crippen LogP contribution in [0.2, 0.25) is 5.02 Å². The third kappa shape index (κ3) is 2.04. The molecule has 0 aliphatic heterocycles. The number of amides is 1. The Balaban J connectivity index is 2.13. The number of benzene rings is 2. The Hall–Kier alpha value is -2.33. The number of halogens is 1. The van der Waals surface area contributed by atoms with Gasteiger partial charge in [0.25, 0.3) is 5.91 Å². The van der Waals surface area contributed by atoms with E-state index in [1.807, 2.05) is 42.5 Å². The lowest BCUT2D eigenvalue weighted by Crippen LogP contribution is -2.18. The van der Waals surface area contributed by atoms with Crippen LogP contribution in [0, 0.1) is 0 Å². The molecule has 0 spiro atoms. The van der Waals surface area contributed by atoms with Gasteiger partial charge in [0.1, 0.15) is 0 Å². The van der Waals surface area contributed by atoms with E-state index in [0.29, 0.717) is 10.7 Å². The lowest BCUT2D eigenvalue weighted by Gasteiger charge is -2.04. The number of H-pyrrole nitrogens is 1. The predicted molar refractivity (Wildman–Crippen MR) is 79.9 cm³/mol. The highest BCUT2D eigenvalue weighted by Crippen LogP contribution is 2.30. The standard InChI is InChI=1S/C15H12ClN3O/c1-17-15(20)14-11-7-6-9(8-13(11)18-19-14)10-4-2-3-5-12(10)16/h2-8H,1H3,(H,17,20)(H,18,19). The van der Waals surface area contributed by atoms with Gasteiger partial charge in [0.05, 0.1) is 5.52 Å². The zero-order valence-corrected chi connectivity index (χ0v) is 11.5. The highest BCUT2D eigenvalue weighted by atomic mass is 35.5. The summed E-state index contributed by atoms with van der Waals surface area (Å²) in [5.41, 5.74) is 3.14. The Morgan fingerprint density at radius 3 is 2.80 bits per heavy atom. The van der Waals surface area contributed by atoms with Gasteiger partial charge in [-0.15, -0.1) is 0 Å². The predicted octanol–water partition coefficient (Wildman–Crippen LogP) is 3.24. The zero-order valence-electron chi connectivity index (χ0n) is 10.8. The summed E-state index contributed by atoms with van der Waals surface area (Å²) >= 11 is 6.20. The molecule has 100 valence electrons. The van der Waals surface area contributed by atoms with Crippen LogP contribution < -0.4 is 5.32 Å². The van der Waals surface area contributed by atoms with Crippen molar-refractivity contribution in [3.8, 4) is 11.1 Å². The number of aromatic nitrogens is 2. The van der Waals surface area contributed by atoms with Gasteiger partial charge in [0.2, 0.25) is 0 Å². The average molecular weight is 286 g/mol. The van der Waals surface area contributed by atoms with Gasteiger partial charge in [-0.3, -0.25) is 9.89 Å². The summed E-state index contributed by atoms with van der Waals surface area (Å²) in [6.07, 6.45) is 0. The SMILES string of the molecule is CNC(=O)c1n[nH]c2cc(-c3ccccc3Cl)ccc12. The van der Waals surface area contributed by atoms with Crippen molar-refractivity contribution in [2.45, 2.75) is 0 Å². The molecular formula is C15H12ClN3O. The maximum atomic E-state index is 11.7. The number of carbonyl (C=O) groups is 1. The summed E-state index contributed by atoms with van der Waals surface area (Å²) in [4.78, 5) is 11.7. The molecule has 1 amide bonds. The smallest absolute Gasteiger partial charge is 0.272 e. The number of fused-ring (bicyclic) bond motifs is 1. The van der Waals surface area contributed by atoms with E-state index in [-0.39, 0.29) is 5.91 Å². The second kappa shape index (κ2) is 4.98. The molecule has 0 atom stereocenters. The fraction of sp³-hybridized carbons (Fsp3) is 0.0667. The van der Waals surface area contributed by atoms with E-state index in [1.165, 1.54) is 0 Å². The Morgan fingerprint density at radius 1 is 1.25 bits per heavy atom. The van der Waals surface area contributed by atoms with Crippen molar-refractivity contribution in [1.29, 1.82) is 0 Å². The minimum Gasteiger partial charge on any atom is -0.354 e. The summed E-state index contributed by atoms with van der Waals surface area (Å²) in [5, 5.41) is 11.0. The van der Waals surface area contributed by atoms with Crippen molar-refractivity contribution in [3.05, 3.63) is 53.2 Å². The van der Waals surface area contributed by atoms with Crippen LogP contribution in [0.1, 0.15) is 10.5 Å². The van der Waals surface area contributed by atoms with Gasteiger partial charge in [0.15, 0.2) is 5.69 Å². The highest BCUT2D eigenvalue weighted by molar-refractivity contribution is 6.33. The van der Waals surface area contributed by atoms with Gasteiger partial charge in [-0.05, 0) is 23.8 Å². The lowest BCUT2D eigenvalue weighted by molar-refractivity contribution is 0.0959. The Bertz CT molecular complexity index is 795. The van der Waals surface area contributed by atoms with Crippen LogP contribution in [0.4, 0.5) is 0 Å². The quantitative estimate of drug-likeness (QED) is 0.759. The van der Waals surface area contributed by atoms with Gasteiger partial charge in [-0.2, -0.15) is 5.10 Å². The fourth-order valence-corrected chi connectivity index (χ4v) is 2.42. The minimum atomic E-state index is -0.207. The summed E-state index contributed by atoms with van der Waals surface area (Å²) in [5.74, 6) is -0.207. The van der Waals surface area contributed by atoms with E-state index >= 15 is 0 Å². The summed E-state index contributed by atoms with van der Waals surface area (Å²) in [7, 11) is 1.58. The normalized spacial score (nSPS) is 10.7. The van der Waals surface area contributed by atoms with Crippen LogP contribution in [0.15, 0.2) is 42.5 Å². The van der Waals surface area contributed by atoms with Crippen molar-refractivity contribution >= 4 is 28.4 Å². The number of carbonyl (C=O) groups excluding carboxylic acids is 1. The van der Waals surface area contributed by atoms with Crippen LogP contribution in [-0.4, -0.2) is 23.2 Å². The summed E-state index contributed by atoms with van der Waals surface area (Å²) < 4.78 is 0. The van der Waals surface area contributed by atoms with Crippen molar-refractivity contribution in [3.63, 3.8) is 0 Å². The zero-order chi connectivity index (χ0) is 14.1. The molecule has 4 nitrogen and oxygen atoms in total. The molecule has 2 aromatic carbocycles. The molecule has 0 aliphatic carbocycles. The maximum absolute atomic E-state index is 11.7. The van der Waals surface area contributed by atoms with Crippen LogP contribution in [0.25, 0.3) is 22.0 Å². The topological polar surface area (TPSA) is 57.8 Å². The molecule has 0 saturated carbocycles. The van der Waals surface area contributed by atoms with Crippen molar-refractivity contribution < 1.29 is 4.79 Å². The third-order valence-electron chi connectivity index (χ3n) is 3.19. The van der Waals surface area contributed by atoms with E-state index in [0.717, 1.165) is 22.0 Å². The maximum Gasteiger partial charge on any atom is 0.272 e. The molecule has 0 fully saturated rings. The highest BCUT2D eigenvalue weighted by Gasteiger charge is 2.13. The van der Waals surface area contributed by atoms with Crippen LogP contribution in [0.5, 0.6) is 0 Å². The molecule has 20 heavy (non-hydrogen) atoms.